The Kier molecular flexibility index (Phi) is 4.63. The van der Waals surface area contributed by atoms with Gasteiger partial charge in [0.1, 0.15) is 11.5 Å². The van der Waals surface area contributed by atoms with Gasteiger partial charge in [0.2, 0.25) is 0 Å². The lowest BCUT2D eigenvalue weighted by molar-refractivity contribution is 0.412. The van der Waals surface area contributed by atoms with E-state index in [1.807, 2.05) is 42.5 Å². The van der Waals surface area contributed by atoms with Gasteiger partial charge in [0.25, 0.3) is 0 Å². The summed E-state index contributed by atoms with van der Waals surface area (Å²) < 4.78 is 11.3. The molecule has 98 valence electrons. The van der Waals surface area contributed by atoms with Crippen molar-refractivity contribution in [2.24, 2.45) is 0 Å². The molecule has 2 nitrogen and oxygen atoms in total. The Hall–Kier alpha value is -1.74. The fourth-order valence-electron chi connectivity index (χ4n) is 1.69. The first kappa shape index (κ1) is 13.7. The topological polar surface area (TPSA) is 18.5 Å². The summed E-state index contributed by atoms with van der Waals surface area (Å²) in [6, 6.07) is 13.9. The van der Waals surface area contributed by atoms with Gasteiger partial charge in [-0.05, 0) is 51.3 Å². The summed E-state index contributed by atoms with van der Waals surface area (Å²) in [6.45, 7) is 0. The lowest BCUT2D eigenvalue weighted by Crippen LogP contribution is -1.84. The van der Waals surface area contributed by atoms with Gasteiger partial charge in [-0.3, -0.25) is 0 Å². The van der Waals surface area contributed by atoms with E-state index in [-0.39, 0.29) is 0 Å². The zero-order valence-corrected chi connectivity index (χ0v) is 12.5. The lowest BCUT2D eigenvalue weighted by Gasteiger charge is -2.03. The van der Waals surface area contributed by atoms with E-state index >= 15 is 0 Å². The van der Waals surface area contributed by atoms with E-state index in [1.165, 1.54) is 0 Å². The zero-order valence-electron chi connectivity index (χ0n) is 10.9. The van der Waals surface area contributed by atoms with Crippen molar-refractivity contribution in [3.05, 3.63) is 58.1 Å². The molecule has 0 unspecified atom stereocenters. The number of methoxy groups -OCH3 is 2. The van der Waals surface area contributed by atoms with E-state index in [9.17, 15) is 0 Å². The van der Waals surface area contributed by atoms with Crippen molar-refractivity contribution in [2.75, 3.05) is 14.2 Å². The predicted molar refractivity (Wildman–Crippen MR) is 82.6 cm³/mol. The third-order valence-corrected chi connectivity index (χ3v) is 3.38. The van der Waals surface area contributed by atoms with Crippen molar-refractivity contribution in [2.45, 2.75) is 0 Å². The van der Waals surface area contributed by atoms with Crippen LogP contribution in [0.4, 0.5) is 0 Å². The molecule has 0 aliphatic carbocycles. The normalized spacial score (nSPS) is 10.7. The highest BCUT2D eigenvalue weighted by atomic mass is 79.9. The van der Waals surface area contributed by atoms with Crippen LogP contribution >= 0.6 is 15.9 Å². The van der Waals surface area contributed by atoms with Crippen LogP contribution in [0.25, 0.3) is 12.2 Å². The van der Waals surface area contributed by atoms with Crippen molar-refractivity contribution in [3.63, 3.8) is 0 Å². The second kappa shape index (κ2) is 6.43. The molecule has 0 atom stereocenters. The quantitative estimate of drug-likeness (QED) is 0.765. The highest BCUT2D eigenvalue weighted by Crippen LogP contribution is 2.26. The predicted octanol–water partition coefficient (Wildman–Crippen LogP) is 4.64. The molecule has 0 saturated carbocycles. The lowest BCUT2D eigenvalue weighted by atomic mass is 10.1. The largest absolute Gasteiger partial charge is 0.497 e. The average Bonchev–Trinajstić information content (AvgIpc) is 2.46. The Morgan fingerprint density at radius 2 is 1.47 bits per heavy atom. The molecule has 2 aromatic rings. The molecular weight excluding hydrogens is 304 g/mol. The Morgan fingerprint density at radius 1 is 0.842 bits per heavy atom. The minimum Gasteiger partial charge on any atom is -0.497 e. The van der Waals surface area contributed by atoms with Gasteiger partial charge in [0, 0.05) is 0 Å². The second-order valence-corrected chi connectivity index (χ2v) is 4.85. The molecule has 2 rings (SSSR count). The Bertz CT molecular complexity index is 574. The van der Waals surface area contributed by atoms with Gasteiger partial charge in [0.05, 0.1) is 18.7 Å². The Balaban J connectivity index is 2.15. The smallest absolute Gasteiger partial charge is 0.133 e. The van der Waals surface area contributed by atoms with Gasteiger partial charge >= 0.3 is 0 Å². The summed E-state index contributed by atoms with van der Waals surface area (Å²) in [5.41, 5.74) is 2.25. The molecule has 0 aliphatic heterocycles. The van der Waals surface area contributed by atoms with Crippen molar-refractivity contribution in [1.29, 1.82) is 0 Å². The van der Waals surface area contributed by atoms with Crippen molar-refractivity contribution < 1.29 is 9.47 Å². The summed E-state index contributed by atoms with van der Waals surface area (Å²) in [5.74, 6) is 1.70. The molecule has 2 aromatic carbocycles. The van der Waals surface area contributed by atoms with Crippen molar-refractivity contribution in [3.8, 4) is 11.5 Å². The van der Waals surface area contributed by atoms with Gasteiger partial charge in [-0.25, -0.2) is 0 Å². The summed E-state index contributed by atoms with van der Waals surface area (Å²) >= 11 is 3.48. The molecule has 0 heterocycles. The van der Waals surface area contributed by atoms with Crippen LogP contribution in [0.15, 0.2) is 46.9 Å². The Morgan fingerprint density at radius 3 is 2.05 bits per heavy atom. The maximum atomic E-state index is 5.20. The summed E-state index contributed by atoms with van der Waals surface area (Å²) in [6.07, 6.45) is 4.12. The maximum Gasteiger partial charge on any atom is 0.133 e. The maximum absolute atomic E-state index is 5.20. The molecule has 3 heteroatoms. The third kappa shape index (κ3) is 3.61. The number of halogens is 1. The van der Waals surface area contributed by atoms with E-state index < -0.39 is 0 Å². The van der Waals surface area contributed by atoms with E-state index in [1.54, 1.807) is 14.2 Å². The average molecular weight is 319 g/mol. The van der Waals surface area contributed by atoms with Crippen LogP contribution in [0, 0.1) is 0 Å². The van der Waals surface area contributed by atoms with E-state index in [0.717, 1.165) is 27.1 Å². The van der Waals surface area contributed by atoms with Crippen LogP contribution in [0.2, 0.25) is 0 Å². The molecule has 0 aliphatic rings. The minimum atomic E-state index is 0.835. The number of hydrogen-bond acceptors (Lipinski definition) is 2. The fourth-order valence-corrected chi connectivity index (χ4v) is 2.25. The second-order valence-electron chi connectivity index (χ2n) is 4.00. The van der Waals surface area contributed by atoms with Gasteiger partial charge in [-0.2, -0.15) is 0 Å². The summed E-state index contributed by atoms with van der Waals surface area (Å²) in [5, 5.41) is 0. The molecule has 0 N–H and O–H groups in total. The van der Waals surface area contributed by atoms with Crippen LogP contribution in [0.5, 0.6) is 11.5 Å². The van der Waals surface area contributed by atoms with Crippen LogP contribution in [-0.2, 0) is 0 Å². The van der Waals surface area contributed by atoms with Crippen LogP contribution in [0.1, 0.15) is 11.1 Å². The molecule has 0 fully saturated rings. The standard InChI is InChI=1S/C16H15BrO2/c1-18-14-8-5-12(6-9-14)3-4-13-7-10-16(19-2)15(17)11-13/h3-11H,1-2H3/b4-3+. The highest BCUT2D eigenvalue weighted by Gasteiger charge is 1.99. The number of benzene rings is 2. The first-order valence-electron chi connectivity index (χ1n) is 5.88. The van der Waals surface area contributed by atoms with Crippen molar-refractivity contribution in [1.82, 2.24) is 0 Å². The molecule has 0 spiro atoms. The first-order valence-corrected chi connectivity index (χ1v) is 6.68. The molecule has 0 radical (unpaired) electrons. The molecule has 0 amide bonds. The van der Waals surface area contributed by atoms with Crippen LogP contribution in [0.3, 0.4) is 0 Å². The summed E-state index contributed by atoms with van der Waals surface area (Å²) in [4.78, 5) is 0. The van der Waals surface area contributed by atoms with E-state index in [4.69, 9.17) is 9.47 Å². The van der Waals surface area contributed by atoms with Gasteiger partial charge < -0.3 is 9.47 Å². The first-order chi connectivity index (χ1) is 9.22. The molecule has 19 heavy (non-hydrogen) atoms. The van der Waals surface area contributed by atoms with Crippen LogP contribution in [-0.4, -0.2) is 14.2 Å². The molecule has 0 bridgehead atoms. The fraction of sp³-hybridized carbons (Fsp3) is 0.125. The Labute approximate surface area is 121 Å². The van der Waals surface area contributed by atoms with Gasteiger partial charge in [0.15, 0.2) is 0 Å². The highest BCUT2D eigenvalue weighted by molar-refractivity contribution is 9.10. The zero-order chi connectivity index (χ0) is 13.7. The summed E-state index contributed by atoms with van der Waals surface area (Å²) in [7, 11) is 3.33. The number of rotatable bonds is 4. The number of hydrogen-bond donors (Lipinski definition) is 0. The SMILES string of the molecule is COc1ccc(/C=C/c2ccc(OC)c(Br)c2)cc1. The van der Waals surface area contributed by atoms with E-state index in [0.29, 0.717) is 0 Å². The molecule has 0 aromatic heterocycles. The molecule has 0 saturated heterocycles. The van der Waals surface area contributed by atoms with Gasteiger partial charge in [-0.15, -0.1) is 0 Å². The monoisotopic (exact) mass is 318 g/mol. The van der Waals surface area contributed by atoms with Gasteiger partial charge in [-0.1, -0.05) is 30.4 Å². The minimum absolute atomic E-state index is 0.835. The third-order valence-electron chi connectivity index (χ3n) is 2.76. The van der Waals surface area contributed by atoms with E-state index in [2.05, 4.69) is 28.1 Å². The van der Waals surface area contributed by atoms with Crippen molar-refractivity contribution >= 4 is 28.1 Å². The molecular formula is C16H15BrO2. The van der Waals surface area contributed by atoms with Crippen LogP contribution < -0.4 is 9.47 Å². The number of ether oxygens (including phenoxy) is 2.